The molecule has 0 unspecified atom stereocenters. The van der Waals surface area contributed by atoms with E-state index < -0.39 is 0 Å². The average Bonchev–Trinajstić information content (AvgIpc) is 3.25. The van der Waals surface area contributed by atoms with Crippen molar-refractivity contribution in [1.29, 1.82) is 0 Å². The number of pyridine rings is 4. The Morgan fingerprint density at radius 3 is 1.54 bits per heavy atom. The number of aliphatic imine (C=N–C) groups is 1. The number of anilines is 1. The fourth-order valence-electron chi connectivity index (χ4n) is 6.32. The highest BCUT2D eigenvalue weighted by atomic mass is 16.5. The van der Waals surface area contributed by atoms with Crippen molar-refractivity contribution in [2.24, 2.45) is 4.99 Å². The first kappa shape index (κ1) is 37.7. The molecule has 0 atom stereocenters. The van der Waals surface area contributed by atoms with Crippen LogP contribution in [0.2, 0.25) is 0 Å². The van der Waals surface area contributed by atoms with Gasteiger partial charge in [0.1, 0.15) is 0 Å². The molecule has 8 rings (SSSR count). The zero-order chi connectivity index (χ0) is 39.6. The zero-order valence-corrected chi connectivity index (χ0v) is 31.4. The number of esters is 2. The van der Waals surface area contributed by atoms with E-state index in [9.17, 15) is 9.59 Å². The van der Waals surface area contributed by atoms with Gasteiger partial charge in [-0.05, 0) is 71.8 Å². The number of aromatic nitrogens is 4. The van der Waals surface area contributed by atoms with Crippen LogP contribution in [-0.4, -0.2) is 51.8 Å². The lowest BCUT2D eigenvalue weighted by atomic mass is 10.0. The first-order valence-corrected chi connectivity index (χ1v) is 18.1. The van der Waals surface area contributed by atoms with Gasteiger partial charge in [-0.1, -0.05) is 72.8 Å². The van der Waals surface area contributed by atoms with Crippen LogP contribution in [0.15, 0.2) is 163 Å². The van der Waals surface area contributed by atoms with E-state index in [0.717, 1.165) is 66.8 Å². The number of nitrogens with zero attached hydrogens (tertiary/aromatic N) is 5. The topological polar surface area (TPSA) is 143 Å². The largest absolute Gasteiger partial charge is 0.465 e. The van der Waals surface area contributed by atoms with Crippen LogP contribution < -0.4 is 5.73 Å². The van der Waals surface area contributed by atoms with E-state index in [1.54, 1.807) is 49.1 Å². The van der Waals surface area contributed by atoms with Crippen LogP contribution in [0, 0.1) is 0 Å². The van der Waals surface area contributed by atoms with E-state index in [1.165, 1.54) is 14.2 Å². The second kappa shape index (κ2) is 17.7. The van der Waals surface area contributed by atoms with Crippen molar-refractivity contribution in [3.8, 4) is 0 Å². The molecule has 8 aromatic rings. The second-order valence-electron chi connectivity index (χ2n) is 13.1. The summed E-state index contributed by atoms with van der Waals surface area (Å²) in [6.45, 7) is 0. The van der Waals surface area contributed by atoms with Gasteiger partial charge in [0.05, 0.1) is 65.9 Å². The summed E-state index contributed by atoms with van der Waals surface area (Å²) in [4.78, 5) is 46.0. The van der Waals surface area contributed by atoms with Crippen molar-refractivity contribution in [2.75, 3.05) is 20.0 Å². The maximum Gasteiger partial charge on any atom is 0.337 e. The van der Waals surface area contributed by atoms with Gasteiger partial charge in [0.15, 0.2) is 0 Å². The van der Waals surface area contributed by atoms with Crippen molar-refractivity contribution in [1.82, 2.24) is 19.9 Å². The maximum absolute atomic E-state index is 11.9. The standard InChI is InChI=1S/C30H23N3O2.C17H15N3O2/c1-35-30(34)24-14-15-31-26(18-24)17-21-12-13-28-25(16-21)19-27(20-32-28)33-29(22-8-4-2-5-9-22)23-10-6-3-7-11-23;1-22-17(21)12-4-5-19-15(9-12)7-11-2-3-16-13(6-11)8-14(18)10-20-16/h2-16,18-20H,17H2,1H3;2-6,8-10H,7,18H2,1H3. The minimum absolute atomic E-state index is 0.362. The minimum Gasteiger partial charge on any atom is -0.465 e. The van der Waals surface area contributed by atoms with Gasteiger partial charge in [0, 0.05) is 58.5 Å². The number of hydrogen-bond acceptors (Lipinski definition) is 10. The SMILES string of the molecule is COC(=O)c1ccnc(Cc2ccc3ncc(N)cc3c2)c1.COC(=O)c1ccnc(Cc2ccc3ncc(N=C(c4ccccc4)c4ccccc4)cc3c2)c1. The summed E-state index contributed by atoms with van der Waals surface area (Å²) >= 11 is 0. The molecule has 0 amide bonds. The molecule has 0 aliphatic rings. The molecule has 4 heterocycles. The molecule has 0 aliphatic carbocycles. The van der Waals surface area contributed by atoms with E-state index >= 15 is 0 Å². The van der Waals surface area contributed by atoms with Gasteiger partial charge in [-0.3, -0.25) is 19.9 Å². The van der Waals surface area contributed by atoms with Crippen LogP contribution in [0.5, 0.6) is 0 Å². The van der Waals surface area contributed by atoms with Gasteiger partial charge >= 0.3 is 11.9 Å². The third-order valence-corrected chi connectivity index (χ3v) is 9.08. The Balaban J connectivity index is 0.000000194. The molecule has 0 aliphatic heterocycles. The summed E-state index contributed by atoms with van der Waals surface area (Å²) in [6, 6.07) is 43.2. The molecular formula is C47H38N6O4. The van der Waals surface area contributed by atoms with Crippen molar-refractivity contribution in [3.63, 3.8) is 0 Å². The number of hydrogen-bond donors (Lipinski definition) is 1. The third kappa shape index (κ3) is 9.56. The summed E-state index contributed by atoms with van der Waals surface area (Å²) in [7, 11) is 2.74. The van der Waals surface area contributed by atoms with Crippen molar-refractivity contribution in [3.05, 3.63) is 203 Å². The molecule has 4 aromatic carbocycles. The lowest BCUT2D eigenvalue weighted by Crippen LogP contribution is -2.03. The Labute approximate surface area is 329 Å². The van der Waals surface area contributed by atoms with Crippen LogP contribution in [0.4, 0.5) is 11.4 Å². The number of nitrogen functional groups attached to an aromatic ring is 1. The summed E-state index contributed by atoms with van der Waals surface area (Å²) in [6.07, 6.45) is 7.90. The van der Waals surface area contributed by atoms with E-state index in [-0.39, 0.29) is 11.9 Å². The lowest BCUT2D eigenvalue weighted by Gasteiger charge is -2.09. The van der Waals surface area contributed by atoms with Crippen LogP contribution in [-0.2, 0) is 22.3 Å². The van der Waals surface area contributed by atoms with Gasteiger partial charge in [0.25, 0.3) is 0 Å². The predicted molar refractivity (Wildman–Crippen MR) is 223 cm³/mol. The van der Waals surface area contributed by atoms with Gasteiger partial charge in [-0.2, -0.15) is 0 Å². The number of ether oxygens (including phenoxy) is 2. The minimum atomic E-state index is -0.369. The molecule has 0 radical (unpaired) electrons. The Kier molecular flexibility index (Phi) is 11.7. The summed E-state index contributed by atoms with van der Waals surface area (Å²) in [5.74, 6) is -0.731. The molecule has 0 spiro atoms. The van der Waals surface area contributed by atoms with Gasteiger partial charge in [-0.15, -0.1) is 0 Å². The van der Waals surface area contributed by atoms with E-state index in [4.69, 9.17) is 20.2 Å². The Bertz CT molecular complexity index is 2680. The van der Waals surface area contributed by atoms with E-state index in [2.05, 4.69) is 56.3 Å². The molecule has 10 heteroatoms. The Morgan fingerprint density at radius 2 is 1.04 bits per heavy atom. The third-order valence-electron chi connectivity index (χ3n) is 9.08. The summed E-state index contributed by atoms with van der Waals surface area (Å²) in [5, 5.41) is 1.98. The monoisotopic (exact) mass is 750 g/mol. The number of carbonyl (C=O) groups excluding carboxylic acids is 2. The molecule has 0 bridgehead atoms. The summed E-state index contributed by atoms with van der Waals surface area (Å²) in [5.41, 5.74) is 16.7. The van der Waals surface area contributed by atoms with Crippen molar-refractivity contribution >= 4 is 50.8 Å². The van der Waals surface area contributed by atoms with E-state index in [1.807, 2.05) is 72.8 Å². The Morgan fingerprint density at radius 1 is 0.544 bits per heavy atom. The number of methoxy groups -OCH3 is 2. The number of nitrogens with two attached hydrogens (primary N) is 1. The molecule has 0 fully saturated rings. The highest BCUT2D eigenvalue weighted by Gasteiger charge is 2.11. The lowest BCUT2D eigenvalue weighted by molar-refractivity contribution is 0.0591. The second-order valence-corrected chi connectivity index (χ2v) is 13.1. The first-order valence-electron chi connectivity index (χ1n) is 18.1. The Hall–Kier alpha value is -7.59. The molecule has 2 N–H and O–H groups in total. The van der Waals surface area contributed by atoms with Gasteiger partial charge in [-0.25, -0.2) is 14.6 Å². The van der Waals surface area contributed by atoms with Crippen LogP contribution >= 0.6 is 0 Å². The normalized spacial score (nSPS) is 10.6. The number of benzene rings is 4. The summed E-state index contributed by atoms with van der Waals surface area (Å²) < 4.78 is 9.54. The molecule has 0 saturated heterocycles. The van der Waals surface area contributed by atoms with Gasteiger partial charge < -0.3 is 15.2 Å². The van der Waals surface area contributed by atoms with Gasteiger partial charge in [0.2, 0.25) is 0 Å². The van der Waals surface area contributed by atoms with E-state index in [0.29, 0.717) is 29.7 Å². The smallest absolute Gasteiger partial charge is 0.337 e. The first-order chi connectivity index (χ1) is 27.8. The average molecular weight is 751 g/mol. The quantitative estimate of drug-likeness (QED) is 0.113. The molecule has 0 saturated carbocycles. The molecular weight excluding hydrogens is 713 g/mol. The zero-order valence-electron chi connectivity index (χ0n) is 31.4. The molecule has 4 aromatic heterocycles. The predicted octanol–water partition coefficient (Wildman–Crippen LogP) is 8.77. The van der Waals surface area contributed by atoms with Crippen LogP contribution in [0.25, 0.3) is 21.8 Å². The fraction of sp³-hybridized carbons (Fsp3) is 0.0851. The highest BCUT2D eigenvalue weighted by Crippen LogP contribution is 2.24. The number of rotatable bonds is 9. The molecule has 10 nitrogen and oxygen atoms in total. The highest BCUT2D eigenvalue weighted by molar-refractivity contribution is 6.14. The van der Waals surface area contributed by atoms with Crippen LogP contribution in [0.3, 0.4) is 0 Å². The number of fused-ring (bicyclic) bond motifs is 2. The van der Waals surface area contributed by atoms with Crippen molar-refractivity contribution < 1.29 is 19.1 Å². The molecule has 57 heavy (non-hydrogen) atoms. The fourth-order valence-corrected chi connectivity index (χ4v) is 6.32. The van der Waals surface area contributed by atoms with Crippen LogP contribution in [0.1, 0.15) is 54.4 Å². The van der Waals surface area contributed by atoms with Crippen molar-refractivity contribution in [2.45, 2.75) is 12.8 Å². The number of carbonyl (C=O) groups is 2. The maximum atomic E-state index is 11.9. The molecule has 280 valence electrons.